The van der Waals surface area contributed by atoms with Crippen LogP contribution in [0.2, 0.25) is 0 Å². The van der Waals surface area contributed by atoms with Gasteiger partial charge in [0.05, 0.1) is 23.3 Å². The van der Waals surface area contributed by atoms with Crippen molar-refractivity contribution in [3.63, 3.8) is 0 Å². The molecule has 1 aliphatic heterocycles. The van der Waals surface area contributed by atoms with Crippen molar-refractivity contribution in [2.24, 2.45) is 0 Å². The summed E-state index contributed by atoms with van der Waals surface area (Å²) in [7, 11) is -2.51. The summed E-state index contributed by atoms with van der Waals surface area (Å²) in [6, 6.07) is 14.6. The predicted molar refractivity (Wildman–Crippen MR) is 120 cm³/mol. The summed E-state index contributed by atoms with van der Waals surface area (Å²) in [5, 5.41) is 2.65. The number of methoxy groups -OCH3 is 1. The molecule has 0 fully saturated rings. The molecule has 0 aliphatic carbocycles. The van der Waals surface area contributed by atoms with Crippen LogP contribution >= 0.6 is 0 Å². The van der Waals surface area contributed by atoms with Crippen molar-refractivity contribution in [3.8, 4) is 5.75 Å². The molecule has 33 heavy (non-hydrogen) atoms. The van der Waals surface area contributed by atoms with Crippen molar-refractivity contribution in [3.05, 3.63) is 89.0 Å². The minimum atomic E-state index is -3.89. The van der Waals surface area contributed by atoms with Crippen molar-refractivity contribution in [2.75, 3.05) is 24.5 Å². The highest BCUT2D eigenvalue weighted by Gasteiger charge is 2.31. The van der Waals surface area contributed by atoms with Crippen LogP contribution in [0.25, 0.3) is 0 Å². The maximum Gasteiger partial charge on any atom is 0.264 e. The van der Waals surface area contributed by atoms with Gasteiger partial charge in [0.25, 0.3) is 15.9 Å². The van der Waals surface area contributed by atoms with E-state index in [0.29, 0.717) is 24.2 Å². The third-order valence-electron chi connectivity index (χ3n) is 5.47. The fourth-order valence-electron chi connectivity index (χ4n) is 3.88. The molecule has 0 bridgehead atoms. The Balaban J connectivity index is 1.54. The summed E-state index contributed by atoms with van der Waals surface area (Å²) in [6.45, 7) is 0.417. The third kappa shape index (κ3) is 4.68. The van der Waals surface area contributed by atoms with Crippen molar-refractivity contribution < 1.29 is 26.7 Å². The van der Waals surface area contributed by atoms with E-state index >= 15 is 0 Å². The number of para-hydroxylation sites is 1. The number of anilines is 1. The molecule has 9 heteroatoms. The SMILES string of the molecule is COc1ccc(S(=O)(=O)N2CCc3ccccc32)cc1C(=O)NCCc1cc(F)cc(F)c1. The Morgan fingerprint density at radius 3 is 2.52 bits per heavy atom. The van der Waals surface area contributed by atoms with Gasteiger partial charge in [-0.05, 0) is 60.4 Å². The number of ether oxygens (including phenoxy) is 1. The zero-order valence-corrected chi connectivity index (χ0v) is 18.7. The predicted octanol–water partition coefficient (Wildman–Crippen LogP) is 3.70. The molecule has 6 nitrogen and oxygen atoms in total. The molecule has 1 amide bonds. The summed E-state index contributed by atoms with van der Waals surface area (Å²) in [5.41, 5.74) is 2.02. The van der Waals surface area contributed by atoms with Gasteiger partial charge in [-0.25, -0.2) is 17.2 Å². The molecule has 0 spiro atoms. The molecule has 1 N–H and O–H groups in total. The van der Waals surface area contributed by atoms with Crippen molar-refractivity contribution in [1.29, 1.82) is 0 Å². The summed E-state index contributed by atoms with van der Waals surface area (Å²) in [6.07, 6.45) is 0.810. The van der Waals surface area contributed by atoms with Gasteiger partial charge >= 0.3 is 0 Å². The van der Waals surface area contributed by atoms with E-state index in [9.17, 15) is 22.0 Å². The van der Waals surface area contributed by atoms with E-state index in [4.69, 9.17) is 4.74 Å². The number of carbonyl (C=O) groups is 1. The summed E-state index contributed by atoms with van der Waals surface area (Å²) < 4.78 is 59.9. The molecule has 3 aromatic carbocycles. The number of benzene rings is 3. The highest BCUT2D eigenvalue weighted by molar-refractivity contribution is 7.92. The first-order chi connectivity index (χ1) is 15.8. The number of sulfonamides is 1. The van der Waals surface area contributed by atoms with Gasteiger partial charge in [-0.1, -0.05) is 18.2 Å². The smallest absolute Gasteiger partial charge is 0.264 e. The number of rotatable bonds is 7. The second-order valence-electron chi connectivity index (χ2n) is 7.60. The third-order valence-corrected chi connectivity index (χ3v) is 7.28. The van der Waals surface area contributed by atoms with E-state index in [0.717, 1.165) is 11.6 Å². The summed E-state index contributed by atoms with van der Waals surface area (Å²) in [5.74, 6) is -1.73. The van der Waals surface area contributed by atoms with Gasteiger partial charge in [-0.15, -0.1) is 0 Å². The molecule has 4 rings (SSSR count). The van der Waals surface area contributed by atoms with E-state index in [1.54, 1.807) is 12.1 Å². The molecule has 3 aromatic rings. The molecule has 1 heterocycles. The minimum absolute atomic E-state index is 0.0302. The van der Waals surface area contributed by atoms with E-state index in [1.165, 1.54) is 41.7 Å². The van der Waals surface area contributed by atoms with E-state index in [-0.39, 0.29) is 29.2 Å². The number of halogens is 2. The molecule has 0 saturated carbocycles. The van der Waals surface area contributed by atoms with Gasteiger partial charge in [0, 0.05) is 19.2 Å². The van der Waals surface area contributed by atoms with Gasteiger partial charge in [0.15, 0.2) is 0 Å². The topological polar surface area (TPSA) is 75.7 Å². The monoisotopic (exact) mass is 472 g/mol. The van der Waals surface area contributed by atoms with Gasteiger partial charge in [0.2, 0.25) is 0 Å². The molecule has 172 valence electrons. The lowest BCUT2D eigenvalue weighted by Gasteiger charge is -2.20. The molecule has 0 unspecified atom stereocenters. The average Bonchev–Trinajstić information content (AvgIpc) is 3.23. The Hall–Kier alpha value is -3.46. The number of amides is 1. The number of carbonyl (C=O) groups excluding carboxylic acids is 1. The van der Waals surface area contributed by atoms with Crippen LogP contribution in [0.1, 0.15) is 21.5 Å². The molecule has 0 radical (unpaired) electrons. The number of nitrogens with zero attached hydrogens (tertiary/aromatic N) is 1. The van der Waals surface area contributed by atoms with Crippen molar-refractivity contribution in [1.82, 2.24) is 5.32 Å². The van der Waals surface area contributed by atoms with Gasteiger partial charge in [-0.2, -0.15) is 0 Å². The molecule has 1 aliphatic rings. The Bertz CT molecular complexity index is 1290. The van der Waals surface area contributed by atoms with Crippen LogP contribution in [0.3, 0.4) is 0 Å². The van der Waals surface area contributed by atoms with E-state index < -0.39 is 27.6 Å². The second kappa shape index (κ2) is 9.19. The largest absolute Gasteiger partial charge is 0.496 e. The second-order valence-corrected chi connectivity index (χ2v) is 9.46. The number of hydrogen-bond acceptors (Lipinski definition) is 4. The van der Waals surface area contributed by atoms with Crippen molar-refractivity contribution in [2.45, 2.75) is 17.7 Å². The molecular weight excluding hydrogens is 450 g/mol. The fourth-order valence-corrected chi connectivity index (χ4v) is 5.41. The van der Waals surface area contributed by atoms with Crippen LogP contribution in [0, 0.1) is 11.6 Å². The van der Waals surface area contributed by atoms with Crippen LogP contribution in [0.4, 0.5) is 14.5 Å². The van der Waals surface area contributed by atoms with Crippen LogP contribution in [0.5, 0.6) is 5.75 Å². The zero-order valence-electron chi connectivity index (χ0n) is 17.8. The Morgan fingerprint density at radius 2 is 1.79 bits per heavy atom. The Morgan fingerprint density at radius 1 is 1.06 bits per heavy atom. The first kappa shape index (κ1) is 22.7. The normalized spacial score (nSPS) is 13.0. The highest BCUT2D eigenvalue weighted by Crippen LogP contribution is 2.33. The first-order valence-corrected chi connectivity index (χ1v) is 11.8. The fraction of sp³-hybridized carbons (Fsp3) is 0.208. The molecular formula is C24H22F2N2O4S. The first-order valence-electron chi connectivity index (χ1n) is 10.3. The number of nitrogens with one attached hydrogen (secondary N) is 1. The summed E-state index contributed by atoms with van der Waals surface area (Å²) in [4.78, 5) is 12.8. The van der Waals surface area contributed by atoms with Gasteiger partial charge in [0.1, 0.15) is 17.4 Å². The lowest BCUT2D eigenvalue weighted by molar-refractivity contribution is 0.0951. The van der Waals surface area contributed by atoms with Crippen LogP contribution < -0.4 is 14.4 Å². The highest BCUT2D eigenvalue weighted by atomic mass is 32.2. The van der Waals surface area contributed by atoms with E-state index in [1.807, 2.05) is 12.1 Å². The van der Waals surface area contributed by atoms with Crippen LogP contribution in [-0.4, -0.2) is 34.5 Å². The lowest BCUT2D eigenvalue weighted by atomic mass is 10.1. The van der Waals surface area contributed by atoms with Gasteiger partial charge in [-0.3, -0.25) is 9.10 Å². The van der Waals surface area contributed by atoms with Crippen LogP contribution in [-0.2, 0) is 22.9 Å². The molecule has 0 aromatic heterocycles. The quantitative estimate of drug-likeness (QED) is 0.569. The van der Waals surface area contributed by atoms with Crippen molar-refractivity contribution >= 4 is 21.6 Å². The van der Waals surface area contributed by atoms with Crippen LogP contribution in [0.15, 0.2) is 65.6 Å². The Labute approximate surface area is 190 Å². The zero-order chi connectivity index (χ0) is 23.6. The Kier molecular flexibility index (Phi) is 6.33. The maximum absolute atomic E-state index is 13.3. The molecule has 0 saturated heterocycles. The number of fused-ring (bicyclic) bond motifs is 1. The average molecular weight is 473 g/mol. The number of hydrogen-bond donors (Lipinski definition) is 1. The lowest BCUT2D eigenvalue weighted by Crippen LogP contribution is -2.30. The minimum Gasteiger partial charge on any atom is -0.496 e. The maximum atomic E-state index is 13.3. The van der Waals surface area contributed by atoms with Gasteiger partial charge < -0.3 is 10.1 Å². The molecule has 0 atom stereocenters. The summed E-state index contributed by atoms with van der Waals surface area (Å²) >= 11 is 0. The standard InChI is InChI=1S/C24H22F2N2O4S/c1-32-23-7-6-20(33(30,31)28-11-9-17-4-2-3-5-22(17)28)15-21(23)24(29)27-10-8-16-12-18(25)14-19(26)13-16/h2-7,12-15H,8-11H2,1H3,(H,27,29). The van der Waals surface area contributed by atoms with E-state index in [2.05, 4.69) is 5.32 Å².